The quantitative estimate of drug-likeness (QED) is 0.871. The number of aryl methyl sites for hydroxylation is 1. The monoisotopic (exact) mass is 316 g/mol. The molecule has 1 N–H and O–H groups in total. The molecule has 0 aromatic carbocycles. The average molecular weight is 317 g/mol. The molecule has 1 rings (SSSR count). The van der Waals surface area contributed by atoms with Crippen molar-refractivity contribution in [3.05, 3.63) is 21.0 Å². The molecule has 1 aromatic heterocycles. The van der Waals surface area contributed by atoms with Crippen LogP contribution in [0.5, 0.6) is 0 Å². The second-order valence-corrected chi connectivity index (χ2v) is 4.96. The summed E-state index contributed by atoms with van der Waals surface area (Å²) >= 11 is 3.26. The van der Waals surface area contributed by atoms with Gasteiger partial charge in [0.25, 0.3) is 5.56 Å². The van der Waals surface area contributed by atoms with Gasteiger partial charge in [0, 0.05) is 27.7 Å². The van der Waals surface area contributed by atoms with Gasteiger partial charge >= 0.3 is 0 Å². The third kappa shape index (κ3) is 3.10. The molecule has 1 amide bonds. The highest BCUT2D eigenvalue weighted by atomic mass is 79.9. The van der Waals surface area contributed by atoms with Crippen LogP contribution in [0.25, 0.3) is 0 Å². The molecule has 0 saturated carbocycles. The Morgan fingerprint density at radius 2 is 2.28 bits per heavy atom. The Hall–Kier alpha value is -1.37. The van der Waals surface area contributed by atoms with Gasteiger partial charge in [-0.15, -0.1) is 0 Å². The highest BCUT2D eigenvalue weighted by molar-refractivity contribution is 9.10. The molecule has 0 spiro atoms. The molecule has 1 atom stereocenters. The van der Waals surface area contributed by atoms with Crippen LogP contribution in [0.4, 0.5) is 5.69 Å². The predicted molar refractivity (Wildman–Crippen MR) is 73.7 cm³/mol. The number of nitrogens with one attached hydrogen (secondary N) is 1. The Bertz CT molecular complexity index is 500. The lowest BCUT2D eigenvalue weighted by molar-refractivity contribution is -0.123. The number of rotatable bonds is 4. The number of amides is 1. The van der Waals surface area contributed by atoms with E-state index >= 15 is 0 Å². The summed E-state index contributed by atoms with van der Waals surface area (Å²) in [4.78, 5) is 25.0. The molecule has 0 radical (unpaired) electrons. The minimum Gasteiger partial charge on any atom is -0.371 e. The van der Waals surface area contributed by atoms with E-state index in [1.165, 1.54) is 4.68 Å². The van der Waals surface area contributed by atoms with Gasteiger partial charge in [-0.05, 0) is 15.9 Å². The van der Waals surface area contributed by atoms with Crippen LogP contribution in [0.1, 0.15) is 6.92 Å². The van der Waals surface area contributed by atoms with Gasteiger partial charge in [-0.3, -0.25) is 9.59 Å². The number of halogens is 1. The fraction of sp³-hybridized carbons (Fsp3) is 0.545. The van der Waals surface area contributed by atoms with Crippen molar-refractivity contribution in [1.82, 2.24) is 15.1 Å². The molecule has 0 bridgehead atoms. The Morgan fingerprint density at radius 1 is 1.67 bits per heavy atom. The van der Waals surface area contributed by atoms with E-state index in [0.717, 1.165) is 0 Å². The van der Waals surface area contributed by atoms with Gasteiger partial charge in [-0.25, -0.2) is 4.68 Å². The lowest BCUT2D eigenvalue weighted by Crippen LogP contribution is -2.35. The molecule has 0 unspecified atom stereocenters. The van der Waals surface area contributed by atoms with Crippen molar-refractivity contribution < 1.29 is 4.79 Å². The lowest BCUT2D eigenvalue weighted by Gasteiger charge is -2.23. The fourth-order valence-electron chi connectivity index (χ4n) is 1.61. The first kappa shape index (κ1) is 14.7. The van der Waals surface area contributed by atoms with Crippen LogP contribution in [0.15, 0.2) is 15.5 Å². The molecule has 7 heteroatoms. The number of hydrogen-bond acceptors (Lipinski definition) is 4. The summed E-state index contributed by atoms with van der Waals surface area (Å²) in [6.45, 7) is 2.34. The molecule has 18 heavy (non-hydrogen) atoms. The highest BCUT2D eigenvalue weighted by Crippen LogP contribution is 2.20. The molecule has 1 heterocycles. The van der Waals surface area contributed by atoms with E-state index in [1.54, 1.807) is 20.3 Å². The van der Waals surface area contributed by atoms with Crippen LogP contribution in [0.3, 0.4) is 0 Å². The topological polar surface area (TPSA) is 67.2 Å². The zero-order valence-corrected chi connectivity index (χ0v) is 12.5. The first-order valence-corrected chi connectivity index (χ1v) is 6.32. The van der Waals surface area contributed by atoms with Crippen molar-refractivity contribution in [2.24, 2.45) is 13.0 Å². The van der Waals surface area contributed by atoms with E-state index in [2.05, 4.69) is 26.3 Å². The fourth-order valence-corrected chi connectivity index (χ4v) is 2.27. The van der Waals surface area contributed by atoms with Crippen LogP contribution < -0.4 is 15.8 Å². The maximum Gasteiger partial charge on any atom is 0.282 e. The second kappa shape index (κ2) is 5.99. The molecule has 0 aliphatic carbocycles. The molecule has 0 saturated heterocycles. The van der Waals surface area contributed by atoms with Crippen LogP contribution in [0, 0.1) is 5.92 Å². The first-order valence-electron chi connectivity index (χ1n) is 5.53. The van der Waals surface area contributed by atoms with Gasteiger partial charge in [0.2, 0.25) is 5.91 Å². The van der Waals surface area contributed by atoms with Crippen LogP contribution in [0.2, 0.25) is 0 Å². The average Bonchev–Trinajstić information content (AvgIpc) is 2.34. The molecule has 1 aromatic rings. The Morgan fingerprint density at radius 3 is 2.83 bits per heavy atom. The van der Waals surface area contributed by atoms with E-state index in [4.69, 9.17) is 0 Å². The zero-order chi connectivity index (χ0) is 13.9. The summed E-state index contributed by atoms with van der Waals surface area (Å²) in [7, 11) is 5.01. The van der Waals surface area contributed by atoms with Crippen molar-refractivity contribution in [2.45, 2.75) is 6.92 Å². The van der Waals surface area contributed by atoms with E-state index in [-0.39, 0.29) is 17.4 Å². The van der Waals surface area contributed by atoms with Gasteiger partial charge in [0.1, 0.15) is 4.47 Å². The van der Waals surface area contributed by atoms with Gasteiger partial charge in [0.15, 0.2) is 0 Å². The maximum absolute atomic E-state index is 11.7. The second-order valence-electron chi connectivity index (χ2n) is 4.17. The summed E-state index contributed by atoms with van der Waals surface area (Å²) in [5.41, 5.74) is 0.473. The predicted octanol–water partition coefficient (Wildman–Crippen LogP) is 0.361. The van der Waals surface area contributed by atoms with Gasteiger partial charge in [0.05, 0.1) is 17.8 Å². The third-order valence-corrected chi connectivity index (χ3v) is 3.46. The van der Waals surface area contributed by atoms with Crippen molar-refractivity contribution >= 4 is 27.5 Å². The first-order chi connectivity index (χ1) is 8.38. The standard InChI is InChI=1S/C11H17BrN4O2/c1-7(10(17)13-2)6-15(3)8-5-14-16(4)11(18)9(8)12/h5,7H,6H2,1-4H3,(H,13,17)/t7-/m0/s1. The van der Waals surface area contributed by atoms with Gasteiger partial charge in [-0.1, -0.05) is 6.92 Å². The maximum atomic E-state index is 11.7. The molecule has 6 nitrogen and oxygen atoms in total. The SMILES string of the molecule is CNC(=O)[C@@H](C)CN(C)c1cnn(C)c(=O)c1Br. The van der Waals surface area contributed by atoms with Crippen molar-refractivity contribution in [1.29, 1.82) is 0 Å². The Balaban J connectivity index is 2.92. The number of anilines is 1. The van der Waals surface area contributed by atoms with Gasteiger partial charge < -0.3 is 10.2 Å². The number of carbonyl (C=O) groups is 1. The van der Waals surface area contributed by atoms with Crippen LogP contribution >= 0.6 is 15.9 Å². The van der Waals surface area contributed by atoms with E-state index in [9.17, 15) is 9.59 Å². The normalized spacial score (nSPS) is 12.1. The third-order valence-electron chi connectivity index (χ3n) is 2.71. The summed E-state index contributed by atoms with van der Waals surface area (Å²) in [6, 6.07) is 0. The summed E-state index contributed by atoms with van der Waals surface area (Å²) in [5, 5.41) is 6.56. The minimum absolute atomic E-state index is 0.0326. The molecule has 0 aliphatic rings. The number of nitrogens with zero attached hydrogens (tertiary/aromatic N) is 3. The summed E-state index contributed by atoms with van der Waals surface area (Å²) in [6.07, 6.45) is 1.60. The van der Waals surface area contributed by atoms with E-state index < -0.39 is 0 Å². The van der Waals surface area contributed by atoms with Crippen molar-refractivity contribution in [3.8, 4) is 0 Å². The molecule has 0 fully saturated rings. The largest absolute Gasteiger partial charge is 0.371 e. The number of aromatic nitrogens is 2. The minimum atomic E-state index is -0.202. The van der Waals surface area contributed by atoms with Crippen LogP contribution in [-0.2, 0) is 11.8 Å². The summed E-state index contributed by atoms with van der Waals surface area (Å²) in [5.74, 6) is -0.203. The van der Waals surface area contributed by atoms with E-state index in [0.29, 0.717) is 16.7 Å². The Kier molecular flexibility index (Phi) is 4.89. The summed E-state index contributed by atoms with van der Waals surface area (Å²) < 4.78 is 1.70. The zero-order valence-electron chi connectivity index (χ0n) is 10.9. The number of hydrogen-bond donors (Lipinski definition) is 1. The Labute approximate surface area is 114 Å². The van der Waals surface area contributed by atoms with Gasteiger partial charge in [-0.2, -0.15) is 5.10 Å². The van der Waals surface area contributed by atoms with Crippen molar-refractivity contribution in [2.75, 3.05) is 25.5 Å². The molecular formula is C11H17BrN4O2. The molecule has 0 aliphatic heterocycles. The molecular weight excluding hydrogens is 300 g/mol. The highest BCUT2D eigenvalue weighted by Gasteiger charge is 2.17. The van der Waals surface area contributed by atoms with Crippen molar-refractivity contribution in [3.63, 3.8) is 0 Å². The molecule has 100 valence electrons. The smallest absolute Gasteiger partial charge is 0.282 e. The van der Waals surface area contributed by atoms with E-state index in [1.807, 2.05) is 18.9 Å². The van der Waals surface area contributed by atoms with Crippen LogP contribution in [-0.4, -0.2) is 36.3 Å². The lowest BCUT2D eigenvalue weighted by atomic mass is 10.1. The number of carbonyl (C=O) groups excluding carboxylic acids is 1.